The molecule has 2 rings (SSSR count). The smallest absolute Gasteiger partial charge is 0.252 e. The highest BCUT2D eigenvalue weighted by Gasteiger charge is 2.10. The molecular formula is C12H15N3O2S. The number of rotatable bonds is 4. The number of aromatic nitrogens is 2. The molecule has 18 heavy (non-hydrogen) atoms. The van der Waals surface area contributed by atoms with Crippen molar-refractivity contribution in [1.29, 1.82) is 0 Å². The van der Waals surface area contributed by atoms with Crippen LogP contribution in [0.2, 0.25) is 0 Å². The molecule has 5 nitrogen and oxygen atoms in total. The minimum absolute atomic E-state index is 0.0534. The largest absolute Gasteiger partial charge is 0.372 e. The molecule has 0 aliphatic carbocycles. The lowest BCUT2D eigenvalue weighted by Gasteiger charge is -2.00. The number of aryl methyl sites for hydroxylation is 2. The van der Waals surface area contributed by atoms with Gasteiger partial charge in [0.15, 0.2) is 10.8 Å². The van der Waals surface area contributed by atoms with Gasteiger partial charge in [0.2, 0.25) is 0 Å². The maximum Gasteiger partial charge on any atom is 0.252 e. The topological polar surface area (TPSA) is 64.1 Å². The van der Waals surface area contributed by atoms with E-state index in [0.717, 1.165) is 16.0 Å². The number of anilines is 1. The Morgan fingerprint density at radius 3 is 2.94 bits per heavy atom. The first-order chi connectivity index (χ1) is 8.60. The molecule has 0 radical (unpaired) electrons. The Morgan fingerprint density at radius 1 is 1.44 bits per heavy atom. The third-order valence-electron chi connectivity index (χ3n) is 2.36. The monoisotopic (exact) mass is 265 g/mol. The Morgan fingerprint density at radius 2 is 2.22 bits per heavy atom. The van der Waals surface area contributed by atoms with Crippen molar-refractivity contribution in [2.75, 3.05) is 18.5 Å². The van der Waals surface area contributed by atoms with E-state index < -0.39 is 0 Å². The maximum atomic E-state index is 11.5. The van der Waals surface area contributed by atoms with Crippen LogP contribution in [0.15, 0.2) is 6.07 Å². The summed E-state index contributed by atoms with van der Waals surface area (Å²) >= 11 is 1.43. The molecule has 0 atom stereocenters. The summed E-state index contributed by atoms with van der Waals surface area (Å²) in [7, 11) is 0. The van der Waals surface area contributed by atoms with Gasteiger partial charge in [0.05, 0.1) is 4.70 Å². The average molecular weight is 265 g/mol. The predicted octanol–water partition coefficient (Wildman–Crippen LogP) is 2.28. The number of nitrogens with zero attached hydrogens (tertiary/aromatic N) is 2. The van der Waals surface area contributed by atoms with Gasteiger partial charge in [-0.3, -0.25) is 10.1 Å². The van der Waals surface area contributed by atoms with Gasteiger partial charge in [0, 0.05) is 12.3 Å². The number of hydrogen-bond donors (Lipinski definition) is 1. The molecule has 0 aliphatic rings. The molecule has 2 aromatic heterocycles. The van der Waals surface area contributed by atoms with Crippen LogP contribution >= 0.6 is 11.3 Å². The summed E-state index contributed by atoms with van der Waals surface area (Å²) in [6, 6.07) is 2.01. The summed E-state index contributed by atoms with van der Waals surface area (Å²) < 4.78 is 6.04. The van der Waals surface area contributed by atoms with Gasteiger partial charge in [0.25, 0.3) is 5.91 Å². The highest BCUT2D eigenvalue weighted by atomic mass is 32.1. The number of pyridine rings is 1. The average Bonchev–Trinajstić information content (AvgIpc) is 2.69. The van der Waals surface area contributed by atoms with Gasteiger partial charge in [-0.15, -0.1) is 0 Å². The third kappa shape index (κ3) is 2.83. The fraction of sp³-hybridized carbons (Fsp3) is 0.417. The van der Waals surface area contributed by atoms with Crippen molar-refractivity contribution in [3.05, 3.63) is 17.3 Å². The van der Waals surface area contributed by atoms with Crippen LogP contribution in [0.5, 0.6) is 0 Å². The second kappa shape index (κ2) is 5.41. The van der Waals surface area contributed by atoms with Crippen molar-refractivity contribution < 1.29 is 9.53 Å². The van der Waals surface area contributed by atoms with Gasteiger partial charge in [-0.2, -0.15) is 4.98 Å². The normalized spacial score (nSPS) is 10.8. The van der Waals surface area contributed by atoms with Crippen LogP contribution in [0, 0.1) is 13.8 Å². The molecule has 0 spiro atoms. The van der Waals surface area contributed by atoms with E-state index in [1.54, 1.807) is 0 Å². The zero-order valence-electron chi connectivity index (χ0n) is 10.6. The molecular weight excluding hydrogens is 250 g/mol. The summed E-state index contributed by atoms with van der Waals surface area (Å²) in [6.45, 7) is 6.37. The molecule has 0 unspecified atom stereocenters. The molecule has 0 saturated carbocycles. The molecule has 2 heterocycles. The molecule has 1 amide bonds. The predicted molar refractivity (Wildman–Crippen MR) is 72.0 cm³/mol. The van der Waals surface area contributed by atoms with E-state index in [-0.39, 0.29) is 12.5 Å². The molecule has 0 saturated heterocycles. The lowest BCUT2D eigenvalue weighted by atomic mass is 10.2. The second-order valence-electron chi connectivity index (χ2n) is 3.94. The van der Waals surface area contributed by atoms with Gasteiger partial charge >= 0.3 is 0 Å². The van der Waals surface area contributed by atoms with Crippen molar-refractivity contribution in [3.63, 3.8) is 0 Å². The molecule has 96 valence electrons. The highest BCUT2D eigenvalue weighted by Crippen LogP contribution is 2.27. The Kier molecular flexibility index (Phi) is 3.88. The van der Waals surface area contributed by atoms with Gasteiger partial charge in [0.1, 0.15) is 6.61 Å². The van der Waals surface area contributed by atoms with Crippen molar-refractivity contribution in [2.24, 2.45) is 0 Å². The van der Waals surface area contributed by atoms with Gasteiger partial charge in [-0.25, -0.2) is 4.98 Å². The summed E-state index contributed by atoms with van der Waals surface area (Å²) in [5.74, 6) is -0.190. The first-order valence-corrected chi connectivity index (χ1v) is 6.54. The van der Waals surface area contributed by atoms with E-state index in [4.69, 9.17) is 4.74 Å². The minimum Gasteiger partial charge on any atom is -0.372 e. The van der Waals surface area contributed by atoms with E-state index in [2.05, 4.69) is 15.3 Å². The Balaban J connectivity index is 2.20. The summed E-state index contributed by atoms with van der Waals surface area (Å²) in [5, 5.41) is 3.28. The molecule has 6 heteroatoms. The fourth-order valence-corrected chi connectivity index (χ4v) is 2.52. The molecule has 0 aliphatic heterocycles. The van der Waals surface area contributed by atoms with Gasteiger partial charge in [-0.05, 0) is 32.4 Å². The van der Waals surface area contributed by atoms with Crippen molar-refractivity contribution in [3.8, 4) is 0 Å². The number of amides is 1. The van der Waals surface area contributed by atoms with Crippen LogP contribution in [0.4, 0.5) is 5.13 Å². The Bertz CT molecular complexity index is 580. The molecule has 1 N–H and O–H groups in total. The molecule has 0 fully saturated rings. The molecule has 2 aromatic rings. The van der Waals surface area contributed by atoms with Crippen LogP contribution < -0.4 is 5.32 Å². The number of ether oxygens (including phenoxy) is 1. The quantitative estimate of drug-likeness (QED) is 0.921. The lowest BCUT2D eigenvalue weighted by Crippen LogP contribution is -2.17. The standard InChI is InChI=1S/C12H15N3O2S/c1-4-17-6-9(16)14-12-15-11-10(18-12)7(2)5-8(3)13-11/h5H,4,6H2,1-3H3,(H,13,14,15,16). The second-order valence-corrected chi connectivity index (χ2v) is 4.94. The van der Waals surface area contributed by atoms with Crippen LogP contribution in [0.3, 0.4) is 0 Å². The summed E-state index contributed by atoms with van der Waals surface area (Å²) in [6.07, 6.45) is 0. The first-order valence-electron chi connectivity index (χ1n) is 5.72. The number of fused-ring (bicyclic) bond motifs is 1. The zero-order valence-corrected chi connectivity index (χ0v) is 11.4. The number of thiazole rings is 1. The van der Waals surface area contributed by atoms with Crippen molar-refractivity contribution in [2.45, 2.75) is 20.8 Å². The van der Waals surface area contributed by atoms with Gasteiger partial charge in [-0.1, -0.05) is 11.3 Å². The highest BCUT2D eigenvalue weighted by molar-refractivity contribution is 7.22. The summed E-state index contributed by atoms with van der Waals surface area (Å²) in [5.41, 5.74) is 2.74. The number of hydrogen-bond acceptors (Lipinski definition) is 5. The number of carbonyl (C=O) groups excluding carboxylic acids is 1. The van der Waals surface area contributed by atoms with Crippen LogP contribution in [0.25, 0.3) is 10.3 Å². The minimum atomic E-state index is -0.190. The number of nitrogens with one attached hydrogen (secondary N) is 1. The zero-order chi connectivity index (χ0) is 13.1. The molecule has 0 bridgehead atoms. The Hall–Kier alpha value is -1.53. The van der Waals surface area contributed by atoms with E-state index in [1.165, 1.54) is 11.3 Å². The van der Waals surface area contributed by atoms with E-state index in [9.17, 15) is 4.79 Å². The number of carbonyl (C=O) groups is 1. The van der Waals surface area contributed by atoms with Crippen LogP contribution in [-0.2, 0) is 9.53 Å². The molecule has 0 aromatic carbocycles. The van der Waals surface area contributed by atoms with Crippen LogP contribution in [-0.4, -0.2) is 29.1 Å². The van der Waals surface area contributed by atoms with Gasteiger partial charge < -0.3 is 4.74 Å². The SMILES string of the molecule is CCOCC(=O)Nc1nc2nc(C)cc(C)c2s1. The summed E-state index contributed by atoms with van der Waals surface area (Å²) in [4.78, 5) is 20.2. The van der Waals surface area contributed by atoms with E-state index in [0.29, 0.717) is 17.4 Å². The first kappa shape index (κ1) is 12.9. The van der Waals surface area contributed by atoms with Crippen molar-refractivity contribution in [1.82, 2.24) is 9.97 Å². The maximum absolute atomic E-state index is 11.5. The van der Waals surface area contributed by atoms with Crippen LogP contribution in [0.1, 0.15) is 18.2 Å². The Labute approximate surface area is 109 Å². The fourth-order valence-electron chi connectivity index (χ4n) is 1.63. The third-order valence-corrected chi connectivity index (χ3v) is 3.45. The lowest BCUT2D eigenvalue weighted by molar-refractivity contribution is -0.120. The van der Waals surface area contributed by atoms with E-state index >= 15 is 0 Å². The van der Waals surface area contributed by atoms with Crippen molar-refractivity contribution >= 4 is 32.7 Å². The van der Waals surface area contributed by atoms with E-state index in [1.807, 2.05) is 26.8 Å².